The largest absolute Gasteiger partial charge is 0.311 e. The zero-order chi connectivity index (χ0) is 36.3. The highest BCUT2D eigenvalue weighted by Crippen LogP contribution is 2.39. The van der Waals surface area contributed by atoms with Gasteiger partial charge in [-0.1, -0.05) is 170 Å². The van der Waals surface area contributed by atoms with Crippen molar-refractivity contribution in [2.75, 3.05) is 4.90 Å². The molecule has 0 aromatic heterocycles. The molecule has 0 N–H and O–H groups in total. The Bertz CT molecular complexity index is 2470. The molecule has 0 unspecified atom stereocenters. The van der Waals surface area contributed by atoms with Crippen LogP contribution in [0.2, 0.25) is 0 Å². The van der Waals surface area contributed by atoms with Gasteiger partial charge in [0.15, 0.2) is 0 Å². The number of rotatable bonds is 8. The average molecular weight is 630 g/mol. The van der Waals surface area contributed by atoms with E-state index in [-0.39, 0.29) is 35.4 Å². The number of hydrogen-bond donors (Lipinski definition) is 0. The SMILES string of the molecule is [2H]c1c([2H])c(N(c2ccc(-c3ccccc3)cc2)c2ccc(-c3ccc(-c4ccccc4)c(-c4ccccc4)c3)cc2)c([2H])c([2H])c1-c1ccccc1. The van der Waals surface area contributed by atoms with Crippen LogP contribution in [0.4, 0.5) is 17.1 Å². The first kappa shape index (κ1) is 25.6. The maximum absolute atomic E-state index is 9.27. The summed E-state index contributed by atoms with van der Waals surface area (Å²) >= 11 is 0. The molecule has 0 heterocycles. The maximum Gasteiger partial charge on any atom is 0.0645 e. The minimum atomic E-state index is -0.106. The van der Waals surface area contributed by atoms with Crippen molar-refractivity contribution in [2.45, 2.75) is 0 Å². The summed E-state index contributed by atoms with van der Waals surface area (Å²) in [5.74, 6) is 0. The average Bonchev–Trinajstić information content (AvgIpc) is 3.23. The van der Waals surface area contributed by atoms with Crippen molar-refractivity contribution in [1.82, 2.24) is 0 Å². The fourth-order valence-corrected chi connectivity index (χ4v) is 6.26. The Morgan fingerprint density at radius 2 is 0.633 bits per heavy atom. The number of anilines is 3. The first-order valence-corrected chi connectivity index (χ1v) is 16.4. The van der Waals surface area contributed by atoms with Gasteiger partial charge < -0.3 is 4.90 Å². The molecule has 0 saturated carbocycles. The third-order valence-corrected chi connectivity index (χ3v) is 8.78. The van der Waals surface area contributed by atoms with Gasteiger partial charge in [-0.25, -0.2) is 0 Å². The van der Waals surface area contributed by atoms with Crippen molar-refractivity contribution in [3.05, 3.63) is 212 Å². The number of hydrogen-bond acceptors (Lipinski definition) is 1. The lowest BCUT2D eigenvalue weighted by Gasteiger charge is -2.26. The smallest absolute Gasteiger partial charge is 0.0645 e. The molecule has 8 aromatic carbocycles. The van der Waals surface area contributed by atoms with Crippen molar-refractivity contribution in [2.24, 2.45) is 0 Å². The molecule has 0 radical (unpaired) electrons. The van der Waals surface area contributed by atoms with Crippen LogP contribution >= 0.6 is 0 Å². The second-order valence-electron chi connectivity index (χ2n) is 11.9. The fourth-order valence-electron chi connectivity index (χ4n) is 6.26. The van der Waals surface area contributed by atoms with Crippen molar-refractivity contribution >= 4 is 17.1 Å². The van der Waals surface area contributed by atoms with Crippen molar-refractivity contribution in [3.63, 3.8) is 0 Å². The van der Waals surface area contributed by atoms with Crippen molar-refractivity contribution in [3.8, 4) is 55.6 Å². The lowest BCUT2D eigenvalue weighted by Crippen LogP contribution is -2.09. The highest BCUT2D eigenvalue weighted by molar-refractivity contribution is 5.88. The minimum Gasteiger partial charge on any atom is -0.311 e. The van der Waals surface area contributed by atoms with E-state index >= 15 is 0 Å². The van der Waals surface area contributed by atoms with Gasteiger partial charge in [-0.2, -0.15) is 0 Å². The Labute approximate surface area is 294 Å². The first-order chi connectivity index (χ1) is 26.0. The Kier molecular flexibility index (Phi) is 7.18. The van der Waals surface area contributed by atoms with Crippen LogP contribution in [0.15, 0.2) is 212 Å². The van der Waals surface area contributed by atoms with Crippen LogP contribution in [0.1, 0.15) is 5.48 Å². The second kappa shape index (κ2) is 13.7. The van der Waals surface area contributed by atoms with Gasteiger partial charge in [-0.15, -0.1) is 0 Å². The standard InChI is InChI=1S/C48H35N/c1-5-13-36(14-6-1)38-21-28-44(29-22-38)49(45-30-23-39(24-31-45)37-15-7-2-8-16-37)46-32-25-40(26-33-46)43-27-34-47(41-17-9-3-10-18-41)48(35-43)42-19-11-4-12-20-42/h1-35H/i21D,22D,28D,29D. The predicted molar refractivity (Wildman–Crippen MR) is 208 cm³/mol. The summed E-state index contributed by atoms with van der Waals surface area (Å²) in [6.45, 7) is 0. The summed E-state index contributed by atoms with van der Waals surface area (Å²) in [5, 5.41) is 0. The van der Waals surface area contributed by atoms with Gasteiger partial charge in [0.2, 0.25) is 0 Å². The van der Waals surface area contributed by atoms with Gasteiger partial charge in [0.25, 0.3) is 0 Å². The number of benzene rings is 8. The molecule has 1 nitrogen and oxygen atoms in total. The molecule has 0 bridgehead atoms. The predicted octanol–water partition coefficient (Wildman–Crippen LogP) is 13.5. The minimum absolute atomic E-state index is 0.0818. The van der Waals surface area contributed by atoms with Crippen LogP contribution < -0.4 is 4.90 Å². The normalized spacial score (nSPS) is 12.0. The quantitative estimate of drug-likeness (QED) is 0.162. The van der Waals surface area contributed by atoms with E-state index in [0.29, 0.717) is 5.56 Å². The van der Waals surface area contributed by atoms with Crippen LogP contribution in [0.3, 0.4) is 0 Å². The van der Waals surface area contributed by atoms with Crippen LogP contribution in [-0.2, 0) is 0 Å². The summed E-state index contributed by atoms with van der Waals surface area (Å²) in [7, 11) is 0. The summed E-state index contributed by atoms with van der Waals surface area (Å²) in [6.07, 6.45) is 0. The lowest BCUT2D eigenvalue weighted by atomic mass is 9.91. The third kappa shape index (κ3) is 6.43. The molecule has 8 aromatic rings. The Morgan fingerprint density at radius 1 is 0.265 bits per heavy atom. The van der Waals surface area contributed by atoms with Crippen LogP contribution in [-0.4, -0.2) is 0 Å². The Hall–Kier alpha value is -6.44. The summed E-state index contributed by atoms with van der Waals surface area (Å²) in [5.41, 5.74) is 11.4. The maximum atomic E-state index is 9.27. The molecular formula is C48H35N. The van der Waals surface area contributed by atoms with E-state index in [1.165, 1.54) is 0 Å². The first-order valence-electron chi connectivity index (χ1n) is 18.4. The zero-order valence-electron chi connectivity index (χ0n) is 30.8. The molecule has 232 valence electrons. The van der Waals surface area contributed by atoms with Crippen molar-refractivity contribution < 1.29 is 5.48 Å². The Balaban J connectivity index is 1.25. The van der Waals surface area contributed by atoms with E-state index in [1.54, 1.807) is 0 Å². The highest BCUT2D eigenvalue weighted by Gasteiger charge is 2.15. The van der Waals surface area contributed by atoms with E-state index in [1.807, 2.05) is 102 Å². The van der Waals surface area contributed by atoms with E-state index in [0.717, 1.165) is 55.9 Å². The van der Waals surface area contributed by atoms with E-state index < -0.39 is 0 Å². The molecule has 49 heavy (non-hydrogen) atoms. The highest BCUT2D eigenvalue weighted by atomic mass is 15.1. The van der Waals surface area contributed by atoms with Crippen molar-refractivity contribution in [1.29, 1.82) is 0 Å². The van der Waals surface area contributed by atoms with Gasteiger partial charge in [0.05, 0.1) is 5.48 Å². The molecule has 0 atom stereocenters. The fraction of sp³-hybridized carbons (Fsp3) is 0. The molecular weight excluding hydrogens is 591 g/mol. The number of nitrogens with zero attached hydrogens (tertiary/aromatic N) is 1. The summed E-state index contributed by atoms with van der Waals surface area (Å²) in [6, 6.07) is 62.5. The topological polar surface area (TPSA) is 3.24 Å². The molecule has 0 aliphatic heterocycles. The van der Waals surface area contributed by atoms with Crippen LogP contribution in [0, 0.1) is 0 Å². The summed E-state index contributed by atoms with van der Waals surface area (Å²) < 4.78 is 36.7. The summed E-state index contributed by atoms with van der Waals surface area (Å²) in [4.78, 5) is 1.84. The molecule has 0 saturated heterocycles. The van der Waals surface area contributed by atoms with Gasteiger partial charge in [-0.3, -0.25) is 0 Å². The lowest BCUT2D eigenvalue weighted by molar-refractivity contribution is 1.28. The molecule has 0 amide bonds. The molecule has 1 heteroatoms. The van der Waals surface area contributed by atoms with Gasteiger partial charge in [0.1, 0.15) is 0 Å². The van der Waals surface area contributed by atoms with Crippen LogP contribution in [0.5, 0.6) is 0 Å². The van der Waals surface area contributed by atoms with Crippen LogP contribution in [0.25, 0.3) is 55.6 Å². The molecule has 0 aliphatic carbocycles. The van der Waals surface area contributed by atoms with E-state index in [9.17, 15) is 2.74 Å². The molecule has 0 aliphatic rings. The zero-order valence-corrected chi connectivity index (χ0v) is 26.8. The molecule has 8 rings (SSSR count). The molecule has 0 spiro atoms. The monoisotopic (exact) mass is 629 g/mol. The second-order valence-corrected chi connectivity index (χ2v) is 11.9. The Morgan fingerprint density at radius 3 is 1.12 bits per heavy atom. The molecule has 0 fully saturated rings. The van der Waals surface area contributed by atoms with E-state index in [2.05, 4.69) is 91.0 Å². The van der Waals surface area contributed by atoms with E-state index in [4.69, 9.17) is 2.74 Å². The van der Waals surface area contributed by atoms with Gasteiger partial charge in [-0.05, 0) is 98.1 Å². The van der Waals surface area contributed by atoms with Gasteiger partial charge >= 0.3 is 0 Å². The third-order valence-electron chi connectivity index (χ3n) is 8.78. The van der Waals surface area contributed by atoms with Gasteiger partial charge in [0, 0.05) is 17.1 Å².